The average Bonchev–Trinajstić information content (AvgIpc) is 2.19. The summed E-state index contributed by atoms with van der Waals surface area (Å²) < 4.78 is 22.2. The number of hydrogen-bond donors (Lipinski definition) is 0. The van der Waals surface area contributed by atoms with E-state index in [2.05, 4.69) is 0 Å². The van der Waals surface area contributed by atoms with Gasteiger partial charge in [0.25, 0.3) is 0 Å². The largest absolute Gasteiger partial charge is 0.548 e. The summed E-state index contributed by atoms with van der Waals surface area (Å²) in [5.41, 5.74) is 0. The zero-order valence-corrected chi connectivity index (χ0v) is 9.08. The molecule has 0 aromatic carbocycles. The first kappa shape index (κ1) is 10.4. The highest BCUT2D eigenvalue weighted by Crippen LogP contribution is 2.45. The SMILES string of the molecule is CC1(C)C(C(=O)[O-])N2C(=O)CC2S1(=O)=O. The smallest absolute Gasteiger partial charge is 0.227 e. The molecular weight excluding hydrogens is 222 g/mol. The summed E-state index contributed by atoms with van der Waals surface area (Å²) in [6.07, 6.45) is -0.116. The second-order valence-electron chi connectivity index (χ2n) is 4.33. The van der Waals surface area contributed by atoms with Gasteiger partial charge in [0, 0.05) is 0 Å². The number of β-lactam (4-membered cyclic amide) rings is 1. The Bertz CT molecular complexity index is 452. The zero-order valence-electron chi connectivity index (χ0n) is 8.26. The van der Waals surface area contributed by atoms with Crippen LogP contribution in [0.3, 0.4) is 0 Å². The highest BCUT2D eigenvalue weighted by Gasteiger charge is 2.65. The van der Waals surface area contributed by atoms with Crippen LogP contribution in [0.2, 0.25) is 0 Å². The minimum absolute atomic E-state index is 0.116. The van der Waals surface area contributed by atoms with Gasteiger partial charge >= 0.3 is 0 Å². The van der Waals surface area contributed by atoms with Gasteiger partial charge in [-0.1, -0.05) is 0 Å². The number of nitrogens with zero attached hydrogens (tertiary/aromatic N) is 1. The number of hydrogen-bond acceptors (Lipinski definition) is 5. The molecule has 1 amide bonds. The van der Waals surface area contributed by atoms with Crippen molar-refractivity contribution in [2.24, 2.45) is 0 Å². The van der Waals surface area contributed by atoms with Crippen LogP contribution >= 0.6 is 0 Å². The third-order valence-corrected chi connectivity index (χ3v) is 6.00. The molecule has 2 aliphatic heterocycles. The fourth-order valence-electron chi connectivity index (χ4n) is 2.21. The maximum atomic E-state index is 11.9. The van der Waals surface area contributed by atoms with Gasteiger partial charge in [0.05, 0.1) is 23.2 Å². The number of rotatable bonds is 1. The van der Waals surface area contributed by atoms with E-state index in [1.54, 1.807) is 0 Å². The monoisotopic (exact) mass is 232 g/mol. The standard InChI is InChI=1S/C8H11NO5S/c1-8(2)6(7(11)12)9-4(10)3-5(9)15(8,13)14/h5-6H,3H2,1-2H3,(H,11,12)/p-1. The van der Waals surface area contributed by atoms with E-state index in [4.69, 9.17) is 0 Å². The van der Waals surface area contributed by atoms with Crippen molar-refractivity contribution in [1.82, 2.24) is 4.90 Å². The maximum Gasteiger partial charge on any atom is 0.227 e. The molecule has 84 valence electrons. The van der Waals surface area contributed by atoms with Gasteiger partial charge in [0.15, 0.2) is 9.84 Å². The number of carbonyl (C=O) groups is 2. The second kappa shape index (κ2) is 2.52. The molecule has 0 N–H and O–H groups in total. The minimum atomic E-state index is -3.61. The van der Waals surface area contributed by atoms with Gasteiger partial charge in [-0.15, -0.1) is 0 Å². The van der Waals surface area contributed by atoms with Gasteiger partial charge in [-0.25, -0.2) is 8.42 Å². The highest BCUT2D eigenvalue weighted by molar-refractivity contribution is 7.93. The van der Waals surface area contributed by atoms with E-state index in [1.165, 1.54) is 13.8 Å². The predicted octanol–water partition coefficient (Wildman–Crippen LogP) is -2.13. The number of carboxylic acids is 1. The van der Waals surface area contributed by atoms with E-state index in [1.807, 2.05) is 0 Å². The van der Waals surface area contributed by atoms with Gasteiger partial charge in [-0.3, -0.25) is 4.79 Å². The lowest BCUT2D eigenvalue weighted by Gasteiger charge is -2.37. The van der Waals surface area contributed by atoms with Crippen molar-refractivity contribution in [3.63, 3.8) is 0 Å². The molecule has 0 aliphatic carbocycles. The van der Waals surface area contributed by atoms with Crippen molar-refractivity contribution in [2.45, 2.75) is 36.4 Å². The quantitative estimate of drug-likeness (QED) is 0.481. The lowest BCUT2D eigenvalue weighted by Crippen LogP contribution is -2.60. The Labute approximate surface area is 86.8 Å². The Morgan fingerprint density at radius 3 is 2.40 bits per heavy atom. The fourth-order valence-corrected chi connectivity index (χ4v) is 4.33. The number of amides is 1. The van der Waals surface area contributed by atoms with Crippen LogP contribution in [0.1, 0.15) is 20.3 Å². The molecule has 0 aromatic heterocycles. The van der Waals surface area contributed by atoms with E-state index in [0.29, 0.717) is 0 Å². The van der Waals surface area contributed by atoms with E-state index < -0.39 is 37.9 Å². The first-order chi connectivity index (χ1) is 6.71. The third-order valence-electron chi connectivity index (χ3n) is 3.20. The number of sulfone groups is 1. The zero-order chi connectivity index (χ0) is 11.6. The Morgan fingerprint density at radius 1 is 1.53 bits per heavy atom. The Hall–Kier alpha value is -1.11. The van der Waals surface area contributed by atoms with Crippen LogP contribution in [0.15, 0.2) is 0 Å². The summed E-state index contributed by atoms with van der Waals surface area (Å²) in [6.45, 7) is 2.63. The highest BCUT2D eigenvalue weighted by atomic mass is 32.2. The van der Waals surface area contributed by atoms with Crippen LogP contribution < -0.4 is 5.11 Å². The van der Waals surface area contributed by atoms with Gasteiger partial charge in [0.2, 0.25) is 5.91 Å². The van der Waals surface area contributed by atoms with Crippen molar-refractivity contribution in [1.29, 1.82) is 0 Å². The summed E-state index contributed by atoms with van der Waals surface area (Å²) in [6, 6.07) is -1.37. The van der Waals surface area contributed by atoms with Gasteiger partial charge in [0.1, 0.15) is 5.37 Å². The molecule has 2 rings (SSSR count). The summed E-state index contributed by atoms with van der Waals surface area (Å²) in [7, 11) is -3.61. The lowest BCUT2D eigenvalue weighted by atomic mass is 9.98. The van der Waals surface area contributed by atoms with E-state index >= 15 is 0 Å². The number of aliphatic carboxylic acids is 1. The van der Waals surface area contributed by atoms with Crippen molar-refractivity contribution in [2.75, 3.05) is 0 Å². The Morgan fingerprint density at radius 2 is 2.07 bits per heavy atom. The summed E-state index contributed by atoms with van der Waals surface area (Å²) in [4.78, 5) is 23.0. The Balaban J connectivity index is 2.57. The molecule has 0 radical (unpaired) electrons. The van der Waals surface area contributed by atoms with Crippen LogP contribution in [-0.4, -0.2) is 41.4 Å². The van der Waals surface area contributed by atoms with Gasteiger partial charge in [-0.2, -0.15) is 0 Å². The third kappa shape index (κ3) is 0.961. The van der Waals surface area contributed by atoms with E-state index in [-0.39, 0.29) is 6.42 Å². The molecule has 2 atom stereocenters. The van der Waals surface area contributed by atoms with Crippen molar-refractivity contribution >= 4 is 21.7 Å². The topological polar surface area (TPSA) is 94.6 Å². The van der Waals surface area contributed by atoms with Crippen LogP contribution in [0.5, 0.6) is 0 Å². The molecule has 0 spiro atoms. The summed E-state index contributed by atoms with van der Waals surface area (Å²) in [5, 5.41) is 9.90. The van der Waals surface area contributed by atoms with Crippen LogP contribution in [0.25, 0.3) is 0 Å². The van der Waals surface area contributed by atoms with Crippen molar-refractivity contribution in [3.05, 3.63) is 0 Å². The molecule has 2 saturated heterocycles. The summed E-state index contributed by atoms with van der Waals surface area (Å²) >= 11 is 0. The molecule has 15 heavy (non-hydrogen) atoms. The molecule has 0 bridgehead atoms. The molecule has 7 heteroatoms. The molecule has 2 heterocycles. The number of fused-ring (bicyclic) bond motifs is 1. The number of carboxylic acid groups (broad SMARTS) is 1. The van der Waals surface area contributed by atoms with Crippen molar-refractivity contribution in [3.8, 4) is 0 Å². The maximum absolute atomic E-state index is 11.9. The van der Waals surface area contributed by atoms with Crippen LogP contribution in [0.4, 0.5) is 0 Å². The van der Waals surface area contributed by atoms with E-state index in [9.17, 15) is 23.1 Å². The Kier molecular flexibility index (Phi) is 1.75. The minimum Gasteiger partial charge on any atom is -0.548 e. The molecule has 2 fully saturated rings. The lowest BCUT2D eigenvalue weighted by molar-refractivity contribution is -0.312. The molecule has 6 nitrogen and oxygen atoms in total. The van der Waals surface area contributed by atoms with E-state index in [0.717, 1.165) is 4.90 Å². The normalized spacial score (nSPS) is 35.9. The average molecular weight is 232 g/mol. The molecule has 2 unspecified atom stereocenters. The number of carbonyl (C=O) groups excluding carboxylic acids is 2. The molecule has 0 saturated carbocycles. The fraction of sp³-hybridized carbons (Fsp3) is 0.750. The second-order valence-corrected chi connectivity index (χ2v) is 7.02. The predicted molar refractivity (Wildman–Crippen MR) is 47.0 cm³/mol. The first-order valence-corrected chi connectivity index (χ1v) is 6.01. The van der Waals surface area contributed by atoms with Crippen molar-refractivity contribution < 1.29 is 23.1 Å². The summed E-state index contributed by atoms with van der Waals surface area (Å²) in [5.74, 6) is -1.96. The molecule has 0 aromatic rings. The van der Waals surface area contributed by atoms with Gasteiger partial charge < -0.3 is 14.8 Å². The van der Waals surface area contributed by atoms with Crippen LogP contribution in [-0.2, 0) is 19.4 Å². The molecule has 2 aliphatic rings. The molecular formula is C8H10NO5S-. The first-order valence-electron chi connectivity index (χ1n) is 4.46. The van der Waals surface area contributed by atoms with Crippen LogP contribution in [0, 0.1) is 0 Å². The van der Waals surface area contributed by atoms with Gasteiger partial charge in [-0.05, 0) is 13.8 Å².